The summed E-state index contributed by atoms with van der Waals surface area (Å²) in [7, 11) is 0. The first-order valence-electron chi connectivity index (χ1n) is 8.11. The lowest BCUT2D eigenvalue weighted by Gasteiger charge is -2.27. The molecule has 1 aromatic rings. The molecule has 1 atom stereocenters. The molecule has 3 heteroatoms. The lowest BCUT2D eigenvalue weighted by atomic mass is 9.91. The van der Waals surface area contributed by atoms with Crippen molar-refractivity contribution in [2.75, 3.05) is 6.54 Å². The Bertz CT molecular complexity index is 351. The molecule has 1 aliphatic carbocycles. The fourth-order valence-corrected chi connectivity index (χ4v) is 3.36. The fourth-order valence-electron chi connectivity index (χ4n) is 3.36. The van der Waals surface area contributed by atoms with Gasteiger partial charge in [-0.3, -0.25) is 0 Å². The topological polar surface area (TPSA) is 29.9 Å². The standard InChI is InChI=1S/C16H29N3/c1-3-12-19-13-11-18-16(19)15(17-4-2)14-9-7-5-6-8-10-14/h11,13-15,17H,3-10,12H2,1-2H3. The van der Waals surface area contributed by atoms with Crippen molar-refractivity contribution in [3.05, 3.63) is 18.2 Å². The van der Waals surface area contributed by atoms with Gasteiger partial charge in [0.1, 0.15) is 5.82 Å². The van der Waals surface area contributed by atoms with E-state index in [4.69, 9.17) is 0 Å². The monoisotopic (exact) mass is 263 g/mol. The molecule has 0 saturated heterocycles. The zero-order chi connectivity index (χ0) is 13.5. The van der Waals surface area contributed by atoms with Crippen molar-refractivity contribution in [1.29, 1.82) is 0 Å². The number of hydrogen-bond donors (Lipinski definition) is 1. The number of rotatable bonds is 6. The Morgan fingerprint density at radius 3 is 2.63 bits per heavy atom. The van der Waals surface area contributed by atoms with Crippen LogP contribution in [-0.2, 0) is 6.54 Å². The molecule has 2 rings (SSSR count). The van der Waals surface area contributed by atoms with Crippen molar-refractivity contribution < 1.29 is 0 Å². The minimum absolute atomic E-state index is 0.449. The number of aryl methyl sites for hydroxylation is 1. The van der Waals surface area contributed by atoms with Crippen molar-refractivity contribution in [3.8, 4) is 0 Å². The van der Waals surface area contributed by atoms with E-state index in [1.165, 1.54) is 50.8 Å². The molecule has 1 saturated carbocycles. The van der Waals surface area contributed by atoms with E-state index >= 15 is 0 Å². The predicted octanol–water partition coefficient (Wildman–Crippen LogP) is 3.91. The number of nitrogens with one attached hydrogen (secondary N) is 1. The van der Waals surface area contributed by atoms with Gasteiger partial charge < -0.3 is 9.88 Å². The number of imidazole rings is 1. The highest BCUT2D eigenvalue weighted by Gasteiger charge is 2.26. The lowest BCUT2D eigenvalue weighted by Crippen LogP contribution is -2.30. The Balaban J connectivity index is 2.15. The first kappa shape index (κ1) is 14.6. The van der Waals surface area contributed by atoms with Crippen LogP contribution in [0, 0.1) is 5.92 Å². The molecule has 1 aromatic heterocycles. The zero-order valence-corrected chi connectivity index (χ0v) is 12.6. The largest absolute Gasteiger partial charge is 0.334 e. The SMILES string of the molecule is CCCn1ccnc1C(NCC)C1CCCCCC1. The highest BCUT2D eigenvalue weighted by atomic mass is 15.1. The highest BCUT2D eigenvalue weighted by molar-refractivity contribution is 5.02. The van der Waals surface area contributed by atoms with Crippen LogP contribution in [0.15, 0.2) is 12.4 Å². The fraction of sp³-hybridized carbons (Fsp3) is 0.812. The van der Waals surface area contributed by atoms with Gasteiger partial charge in [-0.2, -0.15) is 0 Å². The molecule has 19 heavy (non-hydrogen) atoms. The summed E-state index contributed by atoms with van der Waals surface area (Å²) < 4.78 is 2.35. The van der Waals surface area contributed by atoms with Gasteiger partial charge in [-0.1, -0.05) is 39.5 Å². The molecule has 0 radical (unpaired) electrons. The zero-order valence-electron chi connectivity index (χ0n) is 12.6. The van der Waals surface area contributed by atoms with Crippen LogP contribution in [0.2, 0.25) is 0 Å². The Kier molecular flexibility index (Phi) is 5.90. The first-order chi connectivity index (χ1) is 9.36. The molecule has 1 heterocycles. The van der Waals surface area contributed by atoms with Gasteiger partial charge in [0.05, 0.1) is 6.04 Å². The molecule has 0 spiro atoms. The van der Waals surface area contributed by atoms with Crippen molar-refractivity contribution >= 4 is 0 Å². The third-order valence-electron chi connectivity index (χ3n) is 4.29. The van der Waals surface area contributed by atoms with E-state index in [2.05, 4.69) is 34.9 Å². The smallest absolute Gasteiger partial charge is 0.126 e. The molecule has 108 valence electrons. The summed E-state index contributed by atoms with van der Waals surface area (Å²) >= 11 is 0. The van der Waals surface area contributed by atoms with Gasteiger partial charge >= 0.3 is 0 Å². The van der Waals surface area contributed by atoms with E-state index < -0.39 is 0 Å². The van der Waals surface area contributed by atoms with Crippen LogP contribution in [0.1, 0.15) is 70.7 Å². The molecule has 0 aromatic carbocycles. The van der Waals surface area contributed by atoms with Crippen molar-refractivity contribution in [2.24, 2.45) is 5.92 Å². The van der Waals surface area contributed by atoms with E-state index in [-0.39, 0.29) is 0 Å². The third-order valence-corrected chi connectivity index (χ3v) is 4.29. The molecule has 1 aliphatic rings. The molecule has 3 nitrogen and oxygen atoms in total. The van der Waals surface area contributed by atoms with E-state index in [0.29, 0.717) is 6.04 Å². The maximum absolute atomic E-state index is 4.66. The quantitative estimate of drug-likeness (QED) is 0.789. The lowest BCUT2D eigenvalue weighted by molar-refractivity contribution is 0.310. The normalized spacial score (nSPS) is 19.3. The molecule has 0 bridgehead atoms. The average Bonchev–Trinajstić information content (AvgIpc) is 2.71. The van der Waals surface area contributed by atoms with Crippen LogP contribution < -0.4 is 5.32 Å². The van der Waals surface area contributed by atoms with Gasteiger partial charge in [0.2, 0.25) is 0 Å². The average molecular weight is 263 g/mol. The van der Waals surface area contributed by atoms with Crippen LogP contribution in [0.25, 0.3) is 0 Å². The second-order valence-corrected chi connectivity index (χ2v) is 5.77. The summed E-state index contributed by atoms with van der Waals surface area (Å²) in [5, 5.41) is 3.70. The number of aromatic nitrogens is 2. The van der Waals surface area contributed by atoms with Crippen LogP contribution in [0.4, 0.5) is 0 Å². The first-order valence-corrected chi connectivity index (χ1v) is 8.11. The Morgan fingerprint density at radius 2 is 2.00 bits per heavy atom. The van der Waals surface area contributed by atoms with Crippen molar-refractivity contribution in [3.63, 3.8) is 0 Å². The van der Waals surface area contributed by atoms with Crippen LogP contribution in [0.3, 0.4) is 0 Å². The number of nitrogens with zero attached hydrogens (tertiary/aromatic N) is 2. The Morgan fingerprint density at radius 1 is 1.26 bits per heavy atom. The van der Waals surface area contributed by atoms with Crippen LogP contribution >= 0.6 is 0 Å². The minimum atomic E-state index is 0.449. The van der Waals surface area contributed by atoms with Crippen molar-refractivity contribution in [1.82, 2.24) is 14.9 Å². The van der Waals surface area contributed by atoms with Crippen LogP contribution in [0.5, 0.6) is 0 Å². The van der Waals surface area contributed by atoms with E-state index in [1.54, 1.807) is 0 Å². The summed E-state index contributed by atoms with van der Waals surface area (Å²) in [4.78, 5) is 4.66. The maximum atomic E-state index is 4.66. The van der Waals surface area contributed by atoms with Gasteiger partial charge in [-0.25, -0.2) is 4.98 Å². The summed E-state index contributed by atoms with van der Waals surface area (Å²) in [6, 6.07) is 0.449. The predicted molar refractivity (Wildman–Crippen MR) is 80.1 cm³/mol. The van der Waals surface area contributed by atoms with Crippen molar-refractivity contribution in [2.45, 2.75) is 71.4 Å². The number of hydrogen-bond acceptors (Lipinski definition) is 2. The molecule has 1 unspecified atom stereocenters. The van der Waals surface area contributed by atoms with E-state index in [1.807, 2.05) is 6.20 Å². The third kappa shape index (κ3) is 3.82. The molecular formula is C16H29N3. The van der Waals surface area contributed by atoms with Gasteiger partial charge in [0.15, 0.2) is 0 Å². The molecule has 0 amide bonds. The van der Waals surface area contributed by atoms with E-state index in [9.17, 15) is 0 Å². The molecular weight excluding hydrogens is 234 g/mol. The second kappa shape index (κ2) is 7.68. The summed E-state index contributed by atoms with van der Waals surface area (Å²) in [5.74, 6) is 2.02. The second-order valence-electron chi connectivity index (χ2n) is 5.77. The maximum Gasteiger partial charge on any atom is 0.126 e. The minimum Gasteiger partial charge on any atom is -0.334 e. The highest BCUT2D eigenvalue weighted by Crippen LogP contribution is 2.33. The van der Waals surface area contributed by atoms with Crippen LogP contribution in [-0.4, -0.2) is 16.1 Å². The molecule has 1 fully saturated rings. The van der Waals surface area contributed by atoms with E-state index in [0.717, 1.165) is 19.0 Å². The summed E-state index contributed by atoms with van der Waals surface area (Å²) in [5.41, 5.74) is 0. The molecule has 0 aliphatic heterocycles. The summed E-state index contributed by atoms with van der Waals surface area (Å²) in [6.07, 6.45) is 13.6. The summed E-state index contributed by atoms with van der Waals surface area (Å²) in [6.45, 7) is 6.55. The molecule has 1 N–H and O–H groups in total. The Labute approximate surface area is 117 Å². The Hall–Kier alpha value is -0.830. The van der Waals surface area contributed by atoms with Gasteiger partial charge in [-0.05, 0) is 31.7 Å². The van der Waals surface area contributed by atoms with Gasteiger partial charge in [0.25, 0.3) is 0 Å². The van der Waals surface area contributed by atoms with Gasteiger partial charge in [0, 0.05) is 18.9 Å². The van der Waals surface area contributed by atoms with Gasteiger partial charge in [-0.15, -0.1) is 0 Å².